The maximum absolute atomic E-state index is 11.8. The third-order valence-electron chi connectivity index (χ3n) is 3.73. The topological polar surface area (TPSA) is 159 Å². The number of ether oxygens (including phenoxy) is 1. The summed E-state index contributed by atoms with van der Waals surface area (Å²) in [5.41, 5.74) is -0.715. The van der Waals surface area contributed by atoms with Crippen LogP contribution in [0.25, 0.3) is 0 Å². The van der Waals surface area contributed by atoms with Crippen molar-refractivity contribution in [3.05, 3.63) is 32.6 Å². The van der Waals surface area contributed by atoms with E-state index in [0.29, 0.717) is 18.4 Å². The molecule has 2 rings (SSSR count). The normalized spacial score (nSPS) is 22.9. The highest BCUT2D eigenvalue weighted by Crippen LogP contribution is 2.44. The maximum atomic E-state index is 11.8. The molecule has 1 aromatic heterocycles. The molecule has 1 aromatic rings. The molecule has 1 aliphatic rings. The van der Waals surface area contributed by atoms with Gasteiger partial charge < -0.3 is 19.6 Å². The molecule has 11 heteroatoms. The number of carboxylic acids is 1. The molecule has 128 valence electrons. The molecule has 0 amide bonds. The van der Waals surface area contributed by atoms with E-state index in [4.69, 9.17) is 19.6 Å². The highest BCUT2D eigenvalue weighted by atomic mass is 31.2. The second-order valence-corrected chi connectivity index (χ2v) is 7.13. The number of rotatable bonds is 5. The molecule has 1 fully saturated rings. The Hall–Kier alpha value is -1.74. The average Bonchev–Trinajstić information content (AvgIpc) is 2.87. The summed E-state index contributed by atoms with van der Waals surface area (Å²) in [5, 5.41) is 8.85. The van der Waals surface area contributed by atoms with Crippen LogP contribution in [0.15, 0.2) is 15.8 Å². The number of hydrogen-bond donors (Lipinski definition) is 4. The molecule has 3 atom stereocenters. The number of aliphatic carboxylic acids is 1. The van der Waals surface area contributed by atoms with Crippen LogP contribution in [0.4, 0.5) is 0 Å². The number of hydrogen-bond acceptors (Lipinski definition) is 5. The van der Waals surface area contributed by atoms with Crippen molar-refractivity contribution in [2.75, 3.05) is 0 Å². The molecule has 1 aliphatic carbocycles. The minimum Gasteiger partial charge on any atom is -0.479 e. The Labute approximate surface area is 129 Å². The summed E-state index contributed by atoms with van der Waals surface area (Å²) in [6.45, 7) is 1.55. The first kappa shape index (κ1) is 17.6. The molecule has 0 aliphatic heterocycles. The first-order valence-corrected chi connectivity index (χ1v) is 8.53. The Morgan fingerprint density at radius 3 is 2.65 bits per heavy atom. The average molecular weight is 348 g/mol. The monoisotopic (exact) mass is 348 g/mol. The third-order valence-corrected chi connectivity index (χ3v) is 4.69. The zero-order valence-electron chi connectivity index (χ0n) is 12.2. The number of nitrogens with zero attached hydrogens (tertiary/aromatic N) is 1. The molecule has 1 heterocycles. The third kappa shape index (κ3) is 3.97. The zero-order chi connectivity index (χ0) is 17.4. The Kier molecular flexibility index (Phi) is 4.90. The first-order chi connectivity index (χ1) is 10.6. The smallest absolute Gasteiger partial charge is 0.365 e. The fourth-order valence-corrected chi connectivity index (χ4v) is 3.23. The fraction of sp³-hybridized carbons (Fsp3) is 0.583. The Bertz CT molecular complexity index is 763. The van der Waals surface area contributed by atoms with Crippen molar-refractivity contribution >= 4 is 13.6 Å². The molecule has 1 saturated carbocycles. The summed E-state index contributed by atoms with van der Waals surface area (Å²) in [7, 11) is -4.94. The van der Waals surface area contributed by atoms with Crippen molar-refractivity contribution in [1.82, 2.24) is 9.55 Å². The lowest BCUT2D eigenvalue weighted by molar-refractivity contribution is -0.148. The predicted molar refractivity (Wildman–Crippen MR) is 77.3 cm³/mol. The highest BCUT2D eigenvalue weighted by molar-refractivity contribution is 7.53. The number of aryl methyl sites for hydroxylation is 1. The van der Waals surface area contributed by atoms with Crippen molar-refractivity contribution in [3.8, 4) is 0 Å². The lowest BCUT2D eigenvalue weighted by atomic mass is 10.2. The summed E-state index contributed by atoms with van der Waals surface area (Å²) in [6.07, 6.45) is 1.73. The Balaban J connectivity index is 2.14. The number of carbonyl (C=O) groups is 1. The van der Waals surface area contributed by atoms with Gasteiger partial charge in [0.2, 0.25) is 0 Å². The molecule has 0 saturated heterocycles. The van der Waals surface area contributed by atoms with Gasteiger partial charge in [-0.3, -0.25) is 18.9 Å². The van der Waals surface area contributed by atoms with Crippen LogP contribution in [0, 0.1) is 6.92 Å². The quantitative estimate of drug-likeness (QED) is 0.520. The van der Waals surface area contributed by atoms with Crippen LogP contribution in [0.1, 0.15) is 30.9 Å². The summed E-state index contributed by atoms with van der Waals surface area (Å²) in [6, 6.07) is -0.339. The molecule has 10 nitrogen and oxygen atoms in total. The van der Waals surface area contributed by atoms with Crippen LogP contribution in [-0.4, -0.2) is 42.4 Å². The fourth-order valence-electron chi connectivity index (χ4n) is 2.61. The van der Waals surface area contributed by atoms with Crippen LogP contribution in [-0.2, 0) is 14.1 Å². The molecule has 4 N–H and O–H groups in total. The number of carboxylic acid groups (broad SMARTS) is 1. The van der Waals surface area contributed by atoms with Gasteiger partial charge in [0, 0.05) is 17.8 Å². The van der Waals surface area contributed by atoms with Gasteiger partial charge in [0.05, 0.1) is 6.10 Å². The zero-order valence-corrected chi connectivity index (χ0v) is 13.1. The number of aromatic nitrogens is 2. The Morgan fingerprint density at radius 2 is 2.09 bits per heavy atom. The summed E-state index contributed by atoms with van der Waals surface area (Å²) < 4.78 is 17.5. The standard InChI is InChI=1S/C12H17N2O8P/c1-6-5-14(12(18)13-9(6)15)7-2-3-8(4-7)22-11(10(16)17)23(19,20)21/h5,7-8,11H,2-4H2,1H3,(H,16,17)(H,13,15,18)(H2,19,20,21)/t7-,8+,11?/m1/s1. The summed E-state index contributed by atoms with van der Waals surface area (Å²) >= 11 is 0. The summed E-state index contributed by atoms with van der Waals surface area (Å²) in [5.74, 6) is -3.96. The van der Waals surface area contributed by atoms with Gasteiger partial charge in [0.1, 0.15) is 0 Å². The van der Waals surface area contributed by atoms with Gasteiger partial charge in [-0.2, -0.15) is 0 Å². The summed E-state index contributed by atoms with van der Waals surface area (Å²) in [4.78, 5) is 54.3. The van der Waals surface area contributed by atoms with Crippen molar-refractivity contribution in [2.24, 2.45) is 0 Å². The van der Waals surface area contributed by atoms with Gasteiger partial charge in [-0.1, -0.05) is 0 Å². The van der Waals surface area contributed by atoms with Gasteiger partial charge in [0.25, 0.3) is 11.4 Å². The first-order valence-electron chi connectivity index (χ1n) is 6.85. The number of aromatic amines is 1. The van der Waals surface area contributed by atoms with E-state index in [1.165, 1.54) is 10.8 Å². The van der Waals surface area contributed by atoms with E-state index in [1.807, 2.05) is 0 Å². The van der Waals surface area contributed by atoms with E-state index in [1.54, 1.807) is 6.92 Å². The van der Waals surface area contributed by atoms with Gasteiger partial charge in [-0.05, 0) is 26.2 Å². The van der Waals surface area contributed by atoms with E-state index in [2.05, 4.69) is 4.98 Å². The second-order valence-electron chi connectivity index (χ2n) is 5.48. The van der Waals surface area contributed by atoms with Crippen molar-refractivity contribution in [3.63, 3.8) is 0 Å². The number of H-pyrrole nitrogens is 1. The van der Waals surface area contributed by atoms with Crippen molar-refractivity contribution < 1.29 is 29.0 Å². The second kappa shape index (κ2) is 6.40. The van der Waals surface area contributed by atoms with Gasteiger partial charge >= 0.3 is 19.3 Å². The van der Waals surface area contributed by atoms with E-state index >= 15 is 0 Å². The van der Waals surface area contributed by atoms with Crippen LogP contribution in [0.5, 0.6) is 0 Å². The molecule has 0 radical (unpaired) electrons. The lowest BCUT2D eigenvalue weighted by Crippen LogP contribution is -2.33. The SMILES string of the molecule is Cc1cn([C@@H]2CC[C@H](OC(C(=O)O)P(=O)(O)O)C2)c(=O)[nH]c1=O. The number of nitrogens with one attached hydrogen (secondary N) is 1. The van der Waals surface area contributed by atoms with Crippen LogP contribution in [0.3, 0.4) is 0 Å². The van der Waals surface area contributed by atoms with E-state index < -0.39 is 36.8 Å². The van der Waals surface area contributed by atoms with E-state index in [0.717, 1.165) is 0 Å². The molecule has 0 bridgehead atoms. The maximum Gasteiger partial charge on any atom is 0.365 e. The molecular formula is C12H17N2O8P. The lowest BCUT2D eigenvalue weighted by Gasteiger charge is -2.20. The largest absolute Gasteiger partial charge is 0.479 e. The van der Waals surface area contributed by atoms with E-state index in [9.17, 15) is 18.9 Å². The molecule has 1 unspecified atom stereocenters. The molecular weight excluding hydrogens is 331 g/mol. The molecule has 0 spiro atoms. The molecule has 0 aromatic carbocycles. The van der Waals surface area contributed by atoms with Crippen molar-refractivity contribution in [1.29, 1.82) is 0 Å². The van der Waals surface area contributed by atoms with Crippen LogP contribution >= 0.6 is 7.60 Å². The minimum atomic E-state index is -4.94. The van der Waals surface area contributed by atoms with E-state index in [-0.39, 0.29) is 12.5 Å². The van der Waals surface area contributed by atoms with Gasteiger partial charge in [0.15, 0.2) is 0 Å². The minimum absolute atomic E-state index is 0.217. The van der Waals surface area contributed by atoms with Crippen molar-refractivity contribution in [2.45, 2.75) is 44.2 Å². The van der Waals surface area contributed by atoms with Crippen LogP contribution < -0.4 is 11.2 Å². The molecule has 23 heavy (non-hydrogen) atoms. The van der Waals surface area contributed by atoms with Gasteiger partial charge in [-0.25, -0.2) is 9.59 Å². The van der Waals surface area contributed by atoms with Crippen LogP contribution in [0.2, 0.25) is 0 Å². The van der Waals surface area contributed by atoms with Gasteiger partial charge in [-0.15, -0.1) is 0 Å². The predicted octanol–water partition coefficient (Wildman–Crippen LogP) is -0.456. The highest BCUT2D eigenvalue weighted by Gasteiger charge is 2.41. The Morgan fingerprint density at radius 1 is 1.43 bits per heavy atom.